The zero-order valence-electron chi connectivity index (χ0n) is 8.71. The summed E-state index contributed by atoms with van der Waals surface area (Å²) in [5, 5.41) is 3.55. The van der Waals surface area contributed by atoms with Gasteiger partial charge in [-0.2, -0.15) is 0 Å². The standard InChI is InChI=1S/C10H21NO2/c1-3-12-8-9(2)11-10-4-6-13-7-5-10/h9-11H,3-8H2,1-2H3. The molecular formula is C10H21NO2. The van der Waals surface area contributed by atoms with Gasteiger partial charge in [0.15, 0.2) is 0 Å². The molecule has 0 spiro atoms. The molecule has 0 aromatic carbocycles. The monoisotopic (exact) mass is 187 g/mol. The molecule has 78 valence electrons. The minimum Gasteiger partial charge on any atom is -0.381 e. The maximum absolute atomic E-state index is 5.34. The molecule has 0 aromatic heterocycles. The molecule has 1 rings (SSSR count). The van der Waals surface area contributed by atoms with Crippen LogP contribution in [0.4, 0.5) is 0 Å². The quantitative estimate of drug-likeness (QED) is 0.701. The molecule has 1 aliphatic heterocycles. The SMILES string of the molecule is CCOCC(C)NC1CCOCC1. The zero-order chi connectivity index (χ0) is 9.52. The van der Waals surface area contributed by atoms with Crippen LogP contribution in [0.3, 0.4) is 0 Å². The first-order valence-corrected chi connectivity index (χ1v) is 5.24. The first kappa shape index (κ1) is 11.0. The van der Waals surface area contributed by atoms with Crippen LogP contribution in [0.25, 0.3) is 0 Å². The molecule has 13 heavy (non-hydrogen) atoms. The highest BCUT2D eigenvalue weighted by Crippen LogP contribution is 2.06. The molecule has 0 bridgehead atoms. The first-order chi connectivity index (χ1) is 6.33. The molecule has 3 nitrogen and oxygen atoms in total. The Morgan fingerprint density at radius 3 is 2.77 bits per heavy atom. The van der Waals surface area contributed by atoms with Crippen LogP contribution in [0.1, 0.15) is 26.7 Å². The Bertz CT molecular complexity index is 124. The van der Waals surface area contributed by atoms with Crippen molar-refractivity contribution in [1.82, 2.24) is 5.32 Å². The van der Waals surface area contributed by atoms with Gasteiger partial charge in [-0.3, -0.25) is 0 Å². The summed E-state index contributed by atoms with van der Waals surface area (Å²) in [5.41, 5.74) is 0. The van der Waals surface area contributed by atoms with Crippen molar-refractivity contribution in [2.75, 3.05) is 26.4 Å². The van der Waals surface area contributed by atoms with E-state index >= 15 is 0 Å². The average molecular weight is 187 g/mol. The van der Waals surface area contributed by atoms with Crippen LogP contribution < -0.4 is 5.32 Å². The van der Waals surface area contributed by atoms with Crippen LogP contribution >= 0.6 is 0 Å². The second kappa shape index (κ2) is 6.35. The minimum absolute atomic E-state index is 0.461. The molecule has 0 aromatic rings. The first-order valence-electron chi connectivity index (χ1n) is 5.24. The maximum Gasteiger partial charge on any atom is 0.0616 e. The smallest absolute Gasteiger partial charge is 0.0616 e. The van der Waals surface area contributed by atoms with E-state index in [2.05, 4.69) is 12.2 Å². The Morgan fingerprint density at radius 1 is 1.46 bits per heavy atom. The van der Waals surface area contributed by atoms with E-state index < -0.39 is 0 Å². The molecule has 0 saturated carbocycles. The van der Waals surface area contributed by atoms with Crippen LogP contribution in [0.2, 0.25) is 0 Å². The van der Waals surface area contributed by atoms with Gasteiger partial charge in [0.25, 0.3) is 0 Å². The van der Waals surface area contributed by atoms with Crippen molar-refractivity contribution in [1.29, 1.82) is 0 Å². The molecule has 1 saturated heterocycles. The van der Waals surface area contributed by atoms with Gasteiger partial charge in [-0.15, -0.1) is 0 Å². The molecule has 1 aliphatic rings. The van der Waals surface area contributed by atoms with Crippen LogP contribution in [0.5, 0.6) is 0 Å². The Hall–Kier alpha value is -0.120. The maximum atomic E-state index is 5.34. The third-order valence-corrected chi connectivity index (χ3v) is 2.31. The molecule has 1 N–H and O–H groups in total. The van der Waals surface area contributed by atoms with Crippen molar-refractivity contribution in [2.24, 2.45) is 0 Å². The number of rotatable bonds is 5. The summed E-state index contributed by atoms with van der Waals surface area (Å²) in [6.45, 7) is 7.62. The van der Waals surface area contributed by atoms with E-state index in [0.717, 1.165) is 39.3 Å². The molecule has 1 heterocycles. The van der Waals surface area contributed by atoms with Gasteiger partial charge in [0.2, 0.25) is 0 Å². The Morgan fingerprint density at radius 2 is 2.15 bits per heavy atom. The molecular weight excluding hydrogens is 166 g/mol. The number of hydrogen-bond donors (Lipinski definition) is 1. The lowest BCUT2D eigenvalue weighted by molar-refractivity contribution is 0.0664. The molecule has 0 amide bonds. The summed E-state index contributed by atoms with van der Waals surface area (Å²) in [6.07, 6.45) is 2.27. The molecule has 0 aliphatic carbocycles. The fraction of sp³-hybridized carbons (Fsp3) is 1.00. The van der Waals surface area contributed by atoms with Crippen molar-refractivity contribution >= 4 is 0 Å². The summed E-state index contributed by atoms with van der Waals surface area (Å²) in [4.78, 5) is 0. The predicted octanol–water partition coefficient (Wildman–Crippen LogP) is 1.18. The van der Waals surface area contributed by atoms with Crippen LogP contribution in [-0.4, -0.2) is 38.5 Å². The summed E-state index contributed by atoms with van der Waals surface area (Å²) in [7, 11) is 0. The summed E-state index contributed by atoms with van der Waals surface area (Å²) >= 11 is 0. The second-order valence-electron chi connectivity index (χ2n) is 3.61. The lowest BCUT2D eigenvalue weighted by Gasteiger charge is -2.26. The number of ether oxygens (including phenoxy) is 2. The highest BCUT2D eigenvalue weighted by Gasteiger charge is 2.15. The minimum atomic E-state index is 0.461. The summed E-state index contributed by atoms with van der Waals surface area (Å²) < 4.78 is 10.6. The Kier molecular flexibility index (Phi) is 5.35. The molecule has 1 atom stereocenters. The third kappa shape index (κ3) is 4.60. The van der Waals surface area contributed by atoms with Gasteiger partial charge in [-0.05, 0) is 26.7 Å². The molecule has 1 unspecified atom stereocenters. The Balaban J connectivity index is 2.07. The van der Waals surface area contributed by atoms with Crippen LogP contribution in [-0.2, 0) is 9.47 Å². The third-order valence-electron chi connectivity index (χ3n) is 2.31. The highest BCUT2D eigenvalue weighted by atomic mass is 16.5. The lowest BCUT2D eigenvalue weighted by atomic mass is 10.1. The van der Waals surface area contributed by atoms with Gasteiger partial charge in [0.05, 0.1) is 6.61 Å². The van der Waals surface area contributed by atoms with Crippen molar-refractivity contribution in [3.05, 3.63) is 0 Å². The van der Waals surface area contributed by atoms with E-state index in [1.165, 1.54) is 0 Å². The van der Waals surface area contributed by atoms with Gasteiger partial charge < -0.3 is 14.8 Å². The topological polar surface area (TPSA) is 30.5 Å². The van der Waals surface area contributed by atoms with Crippen molar-refractivity contribution in [3.8, 4) is 0 Å². The van der Waals surface area contributed by atoms with Gasteiger partial charge in [-0.1, -0.05) is 0 Å². The molecule has 3 heteroatoms. The number of hydrogen-bond acceptors (Lipinski definition) is 3. The van der Waals surface area contributed by atoms with E-state index in [1.54, 1.807) is 0 Å². The molecule has 1 fully saturated rings. The van der Waals surface area contributed by atoms with Crippen LogP contribution in [0, 0.1) is 0 Å². The predicted molar refractivity (Wildman–Crippen MR) is 52.9 cm³/mol. The largest absolute Gasteiger partial charge is 0.381 e. The zero-order valence-corrected chi connectivity index (χ0v) is 8.71. The normalized spacial score (nSPS) is 21.7. The lowest BCUT2D eigenvalue weighted by Crippen LogP contribution is -2.42. The van der Waals surface area contributed by atoms with E-state index in [-0.39, 0.29) is 0 Å². The summed E-state index contributed by atoms with van der Waals surface area (Å²) in [6, 6.07) is 1.09. The van der Waals surface area contributed by atoms with Crippen molar-refractivity contribution in [3.63, 3.8) is 0 Å². The number of nitrogens with one attached hydrogen (secondary N) is 1. The van der Waals surface area contributed by atoms with Crippen molar-refractivity contribution < 1.29 is 9.47 Å². The van der Waals surface area contributed by atoms with Crippen LogP contribution in [0.15, 0.2) is 0 Å². The van der Waals surface area contributed by atoms with E-state index in [0.29, 0.717) is 12.1 Å². The highest BCUT2D eigenvalue weighted by molar-refractivity contribution is 4.73. The van der Waals surface area contributed by atoms with Crippen molar-refractivity contribution in [2.45, 2.75) is 38.8 Å². The summed E-state index contributed by atoms with van der Waals surface area (Å²) in [5.74, 6) is 0. The van der Waals surface area contributed by atoms with Gasteiger partial charge in [0.1, 0.15) is 0 Å². The Labute approximate surface area is 80.8 Å². The van der Waals surface area contributed by atoms with Gasteiger partial charge in [0, 0.05) is 31.9 Å². The van der Waals surface area contributed by atoms with Gasteiger partial charge in [-0.25, -0.2) is 0 Å². The van der Waals surface area contributed by atoms with E-state index in [1.807, 2.05) is 6.92 Å². The second-order valence-corrected chi connectivity index (χ2v) is 3.61. The van der Waals surface area contributed by atoms with Gasteiger partial charge >= 0.3 is 0 Å². The molecule has 0 radical (unpaired) electrons. The van der Waals surface area contributed by atoms with E-state index in [9.17, 15) is 0 Å². The fourth-order valence-corrected chi connectivity index (χ4v) is 1.61. The fourth-order valence-electron chi connectivity index (χ4n) is 1.61. The van der Waals surface area contributed by atoms with E-state index in [4.69, 9.17) is 9.47 Å². The average Bonchev–Trinajstić information content (AvgIpc) is 2.16.